The number of hydrogen-bond donors (Lipinski definition) is 1. The fraction of sp³-hybridized carbons (Fsp3) is 0.643. The number of aromatic nitrogens is 1. The average Bonchev–Trinajstić information content (AvgIpc) is 2.79. The molecule has 2 rings (SSSR count). The third kappa shape index (κ3) is 2.92. The highest BCUT2D eigenvalue weighted by Gasteiger charge is 2.27. The fourth-order valence-electron chi connectivity index (χ4n) is 2.70. The molecule has 2 N–H and O–H groups in total. The molecule has 5 nitrogen and oxygen atoms in total. The van der Waals surface area contributed by atoms with Crippen molar-refractivity contribution in [3.63, 3.8) is 0 Å². The summed E-state index contributed by atoms with van der Waals surface area (Å²) in [5.41, 5.74) is 7.16. The molecule has 19 heavy (non-hydrogen) atoms. The molecule has 2 heterocycles. The molecular weight excluding hydrogens is 240 g/mol. The molecule has 0 spiro atoms. The van der Waals surface area contributed by atoms with Gasteiger partial charge in [0.15, 0.2) is 0 Å². The van der Waals surface area contributed by atoms with E-state index in [1.165, 1.54) is 0 Å². The van der Waals surface area contributed by atoms with Gasteiger partial charge in [-0.25, -0.2) is 0 Å². The summed E-state index contributed by atoms with van der Waals surface area (Å²) in [6.45, 7) is 4.44. The molecule has 1 aromatic heterocycles. The van der Waals surface area contributed by atoms with E-state index in [9.17, 15) is 4.79 Å². The Morgan fingerprint density at radius 2 is 2.26 bits per heavy atom. The van der Waals surface area contributed by atoms with Crippen molar-refractivity contribution in [2.24, 2.45) is 0 Å². The van der Waals surface area contributed by atoms with Gasteiger partial charge in [-0.05, 0) is 39.9 Å². The number of rotatable bonds is 3. The topological polar surface area (TPSA) is 54.5 Å². The van der Waals surface area contributed by atoms with Crippen LogP contribution in [0, 0.1) is 0 Å². The highest BCUT2D eigenvalue weighted by Crippen LogP contribution is 2.18. The molecule has 0 aromatic carbocycles. The number of piperidine rings is 1. The highest BCUT2D eigenvalue weighted by atomic mass is 16.2. The molecule has 1 atom stereocenters. The summed E-state index contributed by atoms with van der Waals surface area (Å²) in [5.74, 6) is 0.102. The maximum absolute atomic E-state index is 12.6. The Balaban J connectivity index is 2.14. The van der Waals surface area contributed by atoms with E-state index in [0.717, 1.165) is 32.5 Å². The molecule has 0 radical (unpaired) electrons. The Bertz CT molecular complexity index is 452. The van der Waals surface area contributed by atoms with Crippen molar-refractivity contribution in [2.45, 2.75) is 32.4 Å². The Labute approximate surface area is 115 Å². The Morgan fingerprint density at radius 1 is 1.53 bits per heavy atom. The van der Waals surface area contributed by atoms with Gasteiger partial charge in [0.1, 0.15) is 5.69 Å². The smallest absolute Gasteiger partial charge is 0.270 e. The average molecular weight is 264 g/mol. The summed E-state index contributed by atoms with van der Waals surface area (Å²) in [6.07, 6.45) is 4.06. The number of likely N-dealkylation sites (tertiary alicyclic amines) is 1. The molecular formula is C14H24N4O. The molecule has 0 aliphatic carbocycles. The molecule has 1 aromatic rings. The Morgan fingerprint density at radius 3 is 2.89 bits per heavy atom. The maximum Gasteiger partial charge on any atom is 0.270 e. The first kappa shape index (κ1) is 13.9. The summed E-state index contributed by atoms with van der Waals surface area (Å²) in [6, 6.07) is 2.24. The second kappa shape index (κ2) is 5.65. The lowest BCUT2D eigenvalue weighted by Crippen LogP contribution is -2.47. The molecule has 0 saturated carbocycles. The van der Waals surface area contributed by atoms with Crippen molar-refractivity contribution in [3.8, 4) is 0 Å². The van der Waals surface area contributed by atoms with Gasteiger partial charge in [-0.3, -0.25) is 4.79 Å². The van der Waals surface area contributed by atoms with Crippen molar-refractivity contribution < 1.29 is 4.79 Å². The van der Waals surface area contributed by atoms with E-state index in [2.05, 4.69) is 19.0 Å². The number of carbonyl (C=O) groups is 1. The summed E-state index contributed by atoms with van der Waals surface area (Å²) in [5, 5.41) is 0. The molecule has 0 bridgehead atoms. The van der Waals surface area contributed by atoms with Crippen molar-refractivity contribution in [1.82, 2.24) is 14.4 Å². The number of carbonyl (C=O) groups excluding carboxylic acids is 1. The first-order chi connectivity index (χ1) is 9.02. The van der Waals surface area contributed by atoms with Crippen LogP contribution in [0.4, 0.5) is 5.69 Å². The lowest BCUT2D eigenvalue weighted by atomic mass is 10.0. The lowest BCUT2D eigenvalue weighted by Gasteiger charge is -2.36. The number of nitrogen functional groups attached to an aromatic ring is 1. The normalized spacial score (nSPS) is 20.0. The van der Waals surface area contributed by atoms with Gasteiger partial charge in [-0.1, -0.05) is 0 Å². The molecule has 106 valence electrons. The molecule has 1 fully saturated rings. The van der Waals surface area contributed by atoms with Gasteiger partial charge in [0, 0.05) is 31.9 Å². The minimum Gasteiger partial charge on any atom is -0.397 e. The minimum absolute atomic E-state index is 0.102. The largest absolute Gasteiger partial charge is 0.397 e. The van der Waals surface area contributed by atoms with E-state index in [1.54, 1.807) is 6.07 Å². The van der Waals surface area contributed by atoms with Crippen LogP contribution >= 0.6 is 0 Å². The minimum atomic E-state index is 0.102. The molecule has 5 heteroatoms. The lowest BCUT2D eigenvalue weighted by molar-refractivity contribution is 0.0624. The van der Waals surface area contributed by atoms with Crippen LogP contribution in [0.5, 0.6) is 0 Å². The van der Waals surface area contributed by atoms with Gasteiger partial charge in [-0.2, -0.15) is 0 Å². The van der Waals surface area contributed by atoms with Gasteiger partial charge < -0.3 is 20.1 Å². The van der Waals surface area contributed by atoms with Crippen LogP contribution in [-0.2, 0) is 6.54 Å². The van der Waals surface area contributed by atoms with E-state index in [0.29, 0.717) is 17.4 Å². The van der Waals surface area contributed by atoms with E-state index in [1.807, 2.05) is 22.6 Å². The number of amides is 1. The highest BCUT2D eigenvalue weighted by molar-refractivity contribution is 5.94. The van der Waals surface area contributed by atoms with Crippen LogP contribution in [-0.4, -0.2) is 53.5 Å². The van der Waals surface area contributed by atoms with Gasteiger partial charge in [0.2, 0.25) is 0 Å². The zero-order valence-electron chi connectivity index (χ0n) is 12.1. The quantitative estimate of drug-likeness (QED) is 0.894. The number of anilines is 1. The molecule has 1 aliphatic rings. The third-order valence-corrected chi connectivity index (χ3v) is 3.89. The van der Waals surface area contributed by atoms with Crippen molar-refractivity contribution in [2.75, 3.05) is 32.9 Å². The summed E-state index contributed by atoms with van der Waals surface area (Å²) < 4.78 is 1.93. The maximum atomic E-state index is 12.6. The zero-order chi connectivity index (χ0) is 14.0. The van der Waals surface area contributed by atoms with Crippen molar-refractivity contribution in [3.05, 3.63) is 18.0 Å². The van der Waals surface area contributed by atoms with Crippen LogP contribution in [0.1, 0.15) is 30.3 Å². The van der Waals surface area contributed by atoms with Crippen LogP contribution in [0.25, 0.3) is 0 Å². The number of nitrogens with two attached hydrogens (primary N) is 1. The summed E-state index contributed by atoms with van der Waals surface area (Å²) in [4.78, 5) is 16.7. The number of nitrogens with zero attached hydrogens (tertiary/aromatic N) is 3. The van der Waals surface area contributed by atoms with E-state index in [-0.39, 0.29) is 5.91 Å². The van der Waals surface area contributed by atoms with Crippen molar-refractivity contribution in [1.29, 1.82) is 0 Å². The van der Waals surface area contributed by atoms with Gasteiger partial charge >= 0.3 is 0 Å². The van der Waals surface area contributed by atoms with E-state index < -0.39 is 0 Å². The number of aryl methyl sites for hydroxylation is 1. The second-order valence-corrected chi connectivity index (χ2v) is 5.46. The number of hydrogen-bond acceptors (Lipinski definition) is 3. The predicted octanol–water partition coefficient (Wildman–Crippen LogP) is 1.26. The number of likely N-dealkylation sites (N-methyl/N-ethyl adjacent to an activating group) is 1. The van der Waals surface area contributed by atoms with Gasteiger partial charge in [0.05, 0.1) is 5.69 Å². The zero-order valence-corrected chi connectivity index (χ0v) is 12.1. The first-order valence-electron chi connectivity index (χ1n) is 6.94. The molecule has 1 aliphatic heterocycles. The second-order valence-electron chi connectivity index (χ2n) is 5.46. The Kier molecular flexibility index (Phi) is 4.14. The van der Waals surface area contributed by atoms with Crippen LogP contribution in [0.2, 0.25) is 0 Å². The monoisotopic (exact) mass is 264 g/mol. The van der Waals surface area contributed by atoms with Crippen molar-refractivity contribution >= 4 is 11.6 Å². The summed E-state index contributed by atoms with van der Waals surface area (Å²) >= 11 is 0. The third-order valence-electron chi connectivity index (χ3n) is 3.89. The molecule has 1 saturated heterocycles. The summed E-state index contributed by atoms with van der Waals surface area (Å²) in [7, 11) is 4.15. The van der Waals surface area contributed by atoms with Crippen LogP contribution in [0.15, 0.2) is 12.3 Å². The van der Waals surface area contributed by atoms with Crippen LogP contribution < -0.4 is 5.73 Å². The SMILES string of the molecule is CCn1cc(N)cc1C(=O)N1CCCC(N(C)C)C1. The molecule has 1 amide bonds. The van der Waals surface area contributed by atoms with E-state index in [4.69, 9.17) is 5.73 Å². The van der Waals surface area contributed by atoms with Crippen LogP contribution in [0.3, 0.4) is 0 Å². The fourth-order valence-corrected chi connectivity index (χ4v) is 2.70. The molecule has 1 unspecified atom stereocenters. The first-order valence-corrected chi connectivity index (χ1v) is 6.94. The van der Waals surface area contributed by atoms with Gasteiger partial charge in [-0.15, -0.1) is 0 Å². The van der Waals surface area contributed by atoms with Gasteiger partial charge in [0.25, 0.3) is 5.91 Å². The standard InChI is InChI=1S/C14H24N4O/c1-4-17-9-11(15)8-13(17)14(19)18-7-5-6-12(10-18)16(2)3/h8-9,12H,4-7,10,15H2,1-3H3. The Hall–Kier alpha value is -1.49. The predicted molar refractivity (Wildman–Crippen MR) is 77.1 cm³/mol. The van der Waals surface area contributed by atoms with E-state index >= 15 is 0 Å².